The van der Waals surface area contributed by atoms with E-state index < -0.39 is 0 Å². The molecule has 0 saturated carbocycles. The molecule has 230 valence electrons. The molecule has 1 atom stereocenters. The molecule has 0 radical (unpaired) electrons. The summed E-state index contributed by atoms with van der Waals surface area (Å²) < 4.78 is 8.62. The van der Waals surface area contributed by atoms with Crippen LogP contribution in [0.15, 0.2) is 97.3 Å². The lowest BCUT2D eigenvalue weighted by Crippen LogP contribution is -2.63. The normalized spacial score (nSPS) is 21.6. The minimum Gasteiger partial charge on any atom is -0.496 e. The van der Waals surface area contributed by atoms with E-state index in [-0.39, 0.29) is 17.1 Å². The number of hydrogen-bond donors (Lipinski definition) is 0. The van der Waals surface area contributed by atoms with Gasteiger partial charge in [0, 0.05) is 56.0 Å². The Morgan fingerprint density at radius 1 is 0.911 bits per heavy atom. The average molecular weight is 640 g/mol. The summed E-state index contributed by atoms with van der Waals surface area (Å²) in [4.78, 5) is 18.1. The van der Waals surface area contributed by atoms with Crippen molar-refractivity contribution >= 4 is 39.8 Å². The molecule has 3 fully saturated rings. The molecule has 3 saturated heterocycles. The van der Waals surface area contributed by atoms with Gasteiger partial charge in [0.05, 0.1) is 48.9 Å². The maximum absolute atomic E-state index is 13.6. The first-order valence-electron chi connectivity index (χ1n) is 15.9. The van der Waals surface area contributed by atoms with Crippen LogP contribution in [0.2, 0.25) is 10.0 Å². The van der Waals surface area contributed by atoms with Gasteiger partial charge in [-0.25, -0.2) is 4.98 Å². The van der Waals surface area contributed by atoms with Gasteiger partial charge in [-0.2, -0.15) is 0 Å². The van der Waals surface area contributed by atoms with Gasteiger partial charge < -0.3 is 13.8 Å². The zero-order valence-corrected chi connectivity index (χ0v) is 27.1. The molecule has 0 N–H and O–H groups in total. The fourth-order valence-corrected chi connectivity index (χ4v) is 8.07. The topological polar surface area (TPSA) is 44.1 Å². The molecule has 8 rings (SSSR count). The summed E-state index contributed by atoms with van der Waals surface area (Å²) in [5.74, 6) is 0.945. The van der Waals surface area contributed by atoms with Gasteiger partial charge in [0.1, 0.15) is 5.75 Å². The third-order valence-corrected chi connectivity index (χ3v) is 11.3. The van der Waals surface area contributed by atoms with Gasteiger partial charge in [0.25, 0.3) is 0 Å². The Hall–Kier alpha value is -3.64. The van der Waals surface area contributed by atoms with Gasteiger partial charge in [-0.15, -0.1) is 0 Å². The molecule has 4 aromatic carbocycles. The quantitative estimate of drug-likeness (QED) is 0.113. The van der Waals surface area contributed by atoms with Crippen molar-refractivity contribution in [3.05, 3.63) is 130 Å². The van der Waals surface area contributed by atoms with Crippen LogP contribution in [0, 0.1) is 0 Å². The van der Waals surface area contributed by atoms with Crippen molar-refractivity contribution in [1.82, 2.24) is 9.55 Å². The third-order valence-electron chi connectivity index (χ3n) is 10.6. The Labute approximate surface area is 275 Å². The molecule has 3 aliphatic heterocycles. The summed E-state index contributed by atoms with van der Waals surface area (Å²) in [7, 11) is 1.58. The molecule has 1 unspecified atom stereocenters. The largest absolute Gasteiger partial charge is 0.496 e. The van der Waals surface area contributed by atoms with E-state index in [0.29, 0.717) is 33.7 Å². The summed E-state index contributed by atoms with van der Waals surface area (Å²) in [6.07, 6.45) is 8.25. The number of fused-ring (bicyclic) bond motifs is 4. The number of hydrogen-bond acceptors (Lipinski definition) is 3. The number of methoxy groups -OCH3 is 1. The number of imidazole rings is 1. The van der Waals surface area contributed by atoms with Crippen LogP contribution in [-0.2, 0) is 12.0 Å². The Kier molecular flexibility index (Phi) is 8.20. The summed E-state index contributed by atoms with van der Waals surface area (Å²) in [6, 6.07) is 29.1. The van der Waals surface area contributed by atoms with Gasteiger partial charge in [-0.3, -0.25) is 4.79 Å². The predicted molar refractivity (Wildman–Crippen MR) is 182 cm³/mol. The van der Waals surface area contributed by atoms with Gasteiger partial charge in [0.2, 0.25) is 5.78 Å². The second kappa shape index (κ2) is 12.3. The number of carbonyl (C=O) groups excluding carboxylic acids is 1. The van der Waals surface area contributed by atoms with Crippen LogP contribution in [-0.4, -0.2) is 53.1 Å². The van der Waals surface area contributed by atoms with Crippen molar-refractivity contribution < 1.29 is 14.0 Å². The first kappa shape index (κ1) is 30.0. The number of quaternary nitrogens is 1. The molecule has 0 amide bonds. The highest BCUT2D eigenvalue weighted by Gasteiger charge is 2.49. The number of piperidine rings is 3. The molecule has 0 aliphatic carbocycles. The molecular formula is C38H38Cl2N3O2+. The highest BCUT2D eigenvalue weighted by Crippen LogP contribution is 2.47. The van der Waals surface area contributed by atoms with Crippen molar-refractivity contribution in [2.75, 3.05) is 33.3 Å². The van der Waals surface area contributed by atoms with Crippen molar-refractivity contribution in [2.45, 2.75) is 43.6 Å². The molecular weight excluding hydrogens is 601 g/mol. The molecule has 7 heteroatoms. The SMILES string of the molecule is COc1ccccc1C(=O)c1nccn1CC(CC[N+]12CCC(c3ccc4ccccc4c3)(CC1)CC2)c1ccc(Cl)c(Cl)c1. The number of benzene rings is 4. The zero-order valence-electron chi connectivity index (χ0n) is 25.6. The lowest BCUT2D eigenvalue weighted by Gasteiger charge is -2.55. The number of aromatic nitrogens is 2. The number of carbonyl (C=O) groups is 1. The molecule has 45 heavy (non-hydrogen) atoms. The van der Waals surface area contributed by atoms with E-state index in [1.54, 1.807) is 25.4 Å². The smallest absolute Gasteiger partial charge is 0.232 e. The summed E-state index contributed by atoms with van der Waals surface area (Å²) in [6.45, 7) is 5.30. The Morgan fingerprint density at radius 3 is 2.40 bits per heavy atom. The second-order valence-corrected chi connectivity index (χ2v) is 13.7. The summed E-state index contributed by atoms with van der Waals surface area (Å²) >= 11 is 12.9. The molecule has 5 nitrogen and oxygen atoms in total. The van der Waals surface area contributed by atoms with Crippen LogP contribution in [0.25, 0.3) is 10.8 Å². The van der Waals surface area contributed by atoms with Crippen LogP contribution >= 0.6 is 23.2 Å². The molecule has 4 heterocycles. The number of ether oxygens (including phenoxy) is 1. The van der Waals surface area contributed by atoms with Crippen LogP contribution in [0.1, 0.15) is 58.9 Å². The van der Waals surface area contributed by atoms with E-state index >= 15 is 0 Å². The maximum atomic E-state index is 13.6. The first-order chi connectivity index (χ1) is 21.9. The number of rotatable bonds is 10. The van der Waals surface area contributed by atoms with E-state index in [4.69, 9.17) is 27.9 Å². The van der Waals surface area contributed by atoms with Crippen molar-refractivity contribution in [2.24, 2.45) is 0 Å². The molecule has 0 spiro atoms. The van der Waals surface area contributed by atoms with E-state index in [9.17, 15) is 4.79 Å². The van der Waals surface area contributed by atoms with Gasteiger partial charge in [-0.05, 0) is 46.2 Å². The highest BCUT2D eigenvalue weighted by molar-refractivity contribution is 6.42. The van der Waals surface area contributed by atoms with Crippen molar-refractivity contribution in [3.8, 4) is 5.75 Å². The van der Waals surface area contributed by atoms with Crippen LogP contribution in [0.5, 0.6) is 5.75 Å². The van der Waals surface area contributed by atoms with Crippen LogP contribution < -0.4 is 4.74 Å². The maximum Gasteiger partial charge on any atom is 0.232 e. The predicted octanol–water partition coefficient (Wildman–Crippen LogP) is 8.71. The molecule has 1 aromatic heterocycles. The minimum absolute atomic E-state index is 0.139. The lowest BCUT2D eigenvalue weighted by molar-refractivity contribution is -0.943. The molecule has 3 aliphatic rings. The van der Waals surface area contributed by atoms with E-state index in [0.717, 1.165) is 23.0 Å². The highest BCUT2D eigenvalue weighted by atomic mass is 35.5. The number of halogens is 2. The lowest BCUT2D eigenvalue weighted by atomic mass is 9.66. The van der Waals surface area contributed by atoms with E-state index in [1.165, 1.54) is 55.2 Å². The van der Waals surface area contributed by atoms with Crippen molar-refractivity contribution in [3.63, 3.8) is 0 Å². The molecule has 5 aromatic rings. The fourth-order valence-electron chi connectivity index (χ4n) is 7.77. The number of ketones is 1. The van der Waals surface area contributed by atoms with Crippen molar-refractivity contribution in [1.29, 1.82) is 0 Å². The average Bonchev–Trinajstić information content (AvgIpc) is 3.56. The number of nitrogens with zero attached hydrogens (tertiary/aromatic N) is 3. The monoisotopic (exact) mass is 638 g/mol. The Morgan fingerprint density at radius 2 is 1.64 bits per heavy atom. The summed E-state index contributed by atoms with van der Waals surface area (Å²) in [5.41, 5.74) is 3.44. The van der Waals surface area contributed by atoms with E-state index in [1.807, 2.05) is 35.0 Å². The van der Waals surface area contributed by atoms with Gasteiger partial charge in [-0.1, -0.05) is 83.9 Å². The zero-order chi connectivity index (χ0) is 31.0. The standard InChI is InChI=1S/C38H38Cl2N3O2/c1-45-35-9-5-4-8-32(35)36(44)37-41-18-19-42(37)26-30(29-11-13-33(39)34(40)25-29)14-20-43-21-15-38(16-22-43,17-23-43)31-12-10-27-6-2-3-7-28(27)24-31/h2-13,18-19,24-25,30H,14-17,20-23,26H2,1H3/q+1. The molecule has 2 bridgehead atoms. The van der Waals surface area contributed by atoms with Crippen LogP contribution in [0.3, 0.4) is 0 Å². The Bertz CT molecular complexity index is 1840. The second-order valence-electron chi connectivity index (χ2n) is 12.9. The van der Waals surface area contributed by atoms with Crippen LogP contribution in [0.4, 0.5) is 0 Å². The minimum atomic E-state index is -0.149. The number of para-hydroxylation sites is 1. The van der Waals surface area contributed by atoms with Gasteiger partial charge in [0.15, 0.2) is 5.82 Å². The fraction of sp³-hybridized carbons (Fsp3) is 0.316. The third kappa shape index (κ3) is 5.78. The first-order valence-corrected chi connectivity index (χ1v) is 16.6. The summed E-state index contributed by atoms with van der Waals surface area (Å²) in [5, 5.41) is 3.76. The Balaban J connectivity index is 1.11. The van der Waals surface area contributed by atoms with E-state index in [2.05, 4.69) is 53.5 Å². The van der Waals surface area contributed by atoms with Gasteiger partial charge >= 0.3 is 0 Å².